The summed E-state index contributed by atoms with van der Waals surface area (Å²) in [5, 5.41) is 6.75. The summed E-state index contributed by atoms with van der Waals surface area (Å²) in [6.45, 7) is 6.06. The Balaban J connectivity index is 1.49. The minimum Gasteiger partial charge on any atom is -0.462 e. The summed E-state index contributed by atoms with van der Waals surface area (Å²) in [5.74, 6) is -0.353. The zero-order valence-electron chi connectivity index (χ0n) is 18.4. The average Bonchev–Trinajstić information content (AvgIpc) is 3.04. The second kappa shape index (κ2) is 12.2. The molecule has 1 saturated heterocycles. The number of benzene rings is 2. The normalized spacial score (nSPS) is 14.3. The van der Waals surface area contributed by atoms with Crippen molar-refractivity contribution in [2.24, 2.45) is 0 Å². The summed E-state index contributed by atoms with van der Waals surface area (Å²) >= 11 is 5.61. The van der Waals surface area contributed by atoms with Crippen molar-refractivity contribution >= 4 is 34.9 Å². The average molecular weight is 455 g/mol. The van der Waals surface area contributed by atoms with E-state index in [2.05, 4.69) is 20.4 Å². The van der Waals surface area contributed by atoms with Gasteiger partial charge < -0.3 is 20.3 Å². The third-order valence-electron chi connectivity index (χ3n) is 5.24. The molecule has 2 aromatic rings. The number of nitrogens with one attached hydrogen (secondary N) is 2. The highest BCUT2D eigenvalue weighted by Gasteiger charge is 2.20. The first kappa shape index (κ1) is 23.7. The van der Waals surface area contributed by atoms with Crippen LogP contribution in [0.5, 0.6) is 0 Å². The summed E-state index contributed by atoms with van der Waals surface area (Å²) in [6, 6.07) is 17.1. The highest BCUT2D eigenvalue weighted by atomic mass is 32.1. The lowest BCUT2D eigenvalue weighted by molar-refractivity contribution is -0.122. The zero-order valence-corrected chi connectivity index (χ0v) is 19.2. The van der Waals surface area contributed by atoms with Crippen LogP contribution in [0.4, 0.5) is 5.69 Å². The fourth-order valence-corrected chi connectivity index (χ4v) is 3.85. The molecule has 2 N–H and O–H groups in total. The lowest BCUT2D eigenvalue weighted by atomic mass is 10.2. The van der Waals surface area contributed by atoms with Gasteiger partial charge in [-0.3, -0.25) is 9.69 Å². The van der Waals surface area contributed by atoms with E-state index < -0.39 is 0 Å². The molecule has 0 saturated carbocycles. The number of para-hydroxylation sites is 1. The molecular weight excluding hydrogens is 424 g/mol. The number of thiocarbonyl (C=S) groups is 1. The van der Waals surface area contributed by atoms with Crippen molar-refractivity contribution in [3.05, 3.63) is 65.7 Å². The first-order valence-electron chi connectivity index (χ1n) is 10.9. The Bertz CT molecular complexity index is 922. The second-order valence-electron chi connectivity index (χ2n) is 7.58. The lowest BCUT2D eigenvalue weighted by Crippen LogP contribution is -2.40. The third-order valence-corrected chi connectivity index (χ3v) is 5.60. The number of carbonyl (C=O) groups excluding carboxylic acids is 2. The summed E-state index contributed by atoms with van der Waals surface area (Å²) in [7, 11) is 0. The van der Waals surface area contributed by atoms with Crippen molar-refractivity contribution in [3.63, 3.8) is 0 Å². The van der Waals surface area contributed by atoms with Crippen LogP contribution in [0.2, 0.25) is 0 Å². The van der Waals surface area contributed by atoms with E-state index in [1.807, 2.05) is 42.5 Å². The van der Waals surface area contributed by atoms with Gasteiger partial charge in [0.05, 0.1) is 24.4 Å². The van der Waals surface area contributed by atoms with Crippen LogP contribution in [0.25, 0.3) is 0 Å². The van der Waals surface area contributed by atoms with E-state index in [1.54, 1.807) is 19.1 Å². The molecule has 8 heteroatoms. The first-order valence-corrected chi connectivity index (χ1v) is 11.3. The molecule has 0 atom stereocenters. The molecule has 2 aromatic carbocycles. The van der Waals surface area contributed by atoms with Crippen molar-refractivity contribution < 1.29 is 14.3 Å². The molecule has 1 aliphatic heterocycles. The Morgan fingerprint density at radius 3 is 2.53 bits per heavy atom. The van der Waals surface area contributed by atoms with Crippen LogP contribution in [0.1, 0.15) is 29.3 Å². The van der Waals surface area contributed by atoms with Gasteiger partial charge in [0.1, 0.15) is 0 Å². The second-order valence-corrected chi connectivity index (χ2v) is 7.96. The zero-order chi connectivity index (χ0) is 22.8. The number of amides is 1. The van der Waals surface area contributed by atoms with Gasteiger partial charge in [0.25, 0.3) is 0 Å². The van der Waals surface area contributed by atoms with Gasteiger partial charge in [0, 0.05) is 32.7 Å². The van der Waals surface area contributed by atoms with Gasteiger partial charge in [0.15, 0.2) is 5.11 Å². The van der Waals surface area contributed by atoms with Crippen LogP contribution in [0.3, 0.4) is 0 Å². The van der Waals surface area contributed by atoms with Crippen molar-refractivity contribution in [2.75, 3.05) is 44.6 Å². The van der Waals surface area contributed by atoms with E-state index in [0.717, 1.165) is 31.6 Å². The topological polar surface area (TPSA) is 73.9 Å². The summed E-state index contributed by atoms with van der Waals surface area (Å²) in [6.07, 6.45) is 0.896. The molecule has 32 heavy (non-hydrogen) atoms. The molecule has 7 nitrogen and oxygen atoms in total. The maximum Gasteiger partial charge on any atom is 0.340 e. The first-order chi connectivity index (χ1) is 15.6. The molecule has 0 aromatic heterocycles. The number of hydrogen-bond donors (Lipinski definition) is 2. The molecule has 0 radical (unpaired) electrons. The minimum atomic E-state index is -0.373. The SMILES string of the molecule is CCOC(=O)c1ccccc1NC(=S)N1CCCN(CC(=O)NCc2ccccc2)CC1. The van der Waals surface area contributed by atoms with Crippen molar-refractivity contribution in [3.8, 4) is 0 Å². The third kappa shape index (κ3) is 7.03. The maximum atomic E-state index is 12.4. The standard InChI is InChI=1S/C24H30N4O3S/c1-2-31-23(30)20-11-6-7-12-21(20)26-24(32)28-14-8-13-27(15-16-28)18-22(29)25-17-19-9-4-3-5-10-19/h3-7,9-12H,2,8,13-18H2,1H3,(H,25,29)(H,26,32). The van der Waals surface area contributed by atoms with Crippen LogP contribution in [-0.4, -0.2) is 66.1 Å². The van der Waals surface area contributed by atoms with E-state index in [-0.39, 0.29) is 11.9 Å². The maximum absolute atomic E-state index is 12.4. The quantitative estimate of drug-likeness (QED) is 0.492. The largest absolute Gasteiger partial charge is 0.462 e. The van der Waals surface area contributed by atoms with Crippen molar-refractivity contribution in [1.82, 2.24) is 15.1 Å². The van der Waals surface area contributed by atoms with Crippen LogP contribution >= 0.6 is 12.2 Å². The van der Waals surface area contributed by atoms with Crippen LogP contribution in [-0.2, 0) is 16.1 Å². The molecule has 1 aliphatic rings. The van der Waals surface area contributed by atoms with Crippen molar-refractivity contribution in [2.45, 2.75) is 19.9 Å². The molecule has 1 heterocycles. The number of ether oxygens (including phenoxy) is 1. The van der Waals surface area contributed by atoms with E-state index in [9.17, 15) is 9.59 Å². The molecule has 1 amide bonds. The van der Waals surface area contributed by atoms with Crippen LogP contribution in [0.15, 0.2) is 54.6 Å². The number of anilines is 1. The Kier molecular flexibility index (Phi) is 9.01. The minimum absolute atomic E-state index is 0.0198. The van der Waals surface area contributed by atoms with Gasteiger partial charge in [-0.05, 0) is 43.3 Å². The Morgan fingerprint density at radius 1 is 1.00 bits per heavy atom. The predicted octanol–water partition coefficient (Wildman–Crippen LogP) is 2.88. The molecule has 0 unspecified atom stereocenters. The van der Waals surface area contributed by atoms with Gasteiger partial charge in [-0.15, -0.1) is 0 Å². The molecule has 3 rings (SSSR count). The predicted molar refractivity (Wildman–Crippen MR) is 130 cm³/mol. The van der Waals surface area contributed by atoms with Crippen molar-refractivity contribution in [1.29, 1.82) is 0 Å². The van der Waals surface area contributed by atoms with E-state index in [1.165, 1.54) is 0 Å². The Morgan fingerprint density at radius 2 is 1.75 bits per heavy atom. The van der Waals surface area contributed by atoms with Gasteiger partial charge in [-0.2, -0.15) is 0 Å². The number of hydrogen-bond acceptors (Lipinski definition) is 5. The summed E-state index contributed by atoms with van der Waals surface area (Å²) in [4.78, 5) is 28.8. The Hall–Kier alpha value is -2.97. The molecule has 0 aliphatic carbocycles. The highest BCUT2D eigenvalue weighted by molar-refractivity contribution is 7.80. The summed E-state index contributed by atoms with van der Waals surface area (Å²) in [5.41, 5.74) is 2.18. The fraction of sp³-hybridized carbons (Fsp3) is 0.375. The van der Waals surface area contributed by atoms with Gasteiger partial charge in [0.2, 0.25) is 5.91 Å². The molecule has 1 fully saturated rings. The van der Waals surface area contributed by atoms with Gasteiger partial charge >= 0.3 is 5.97 Å². The molecule has 0 spiro atoms. The Labute approximate surface area is 194 Å². The number of carbonyl (C=O) groups is 2. The van der Waals surface area contributed by atoms with Crippen LogP contribution in [0, 0.1) is 0 Å². The van der Waals surface area contributed by atoms with Gasteiger partial charge in [-0.25, -0.2) is 4.79 Å². The van der Waals surface area contributed by atoms with Gasteiger partial charge in [-0.1, -0.05) is 42.5 Å². The molecular formula is C24H30N4O3S. The molecule has 0 bridgehead atoms. The summed E-state index contributed by atoms with van der Waals surface area (Å²) < 4.78 is 5.13. The number of nitrogens with zero attached hydrogens (tertiary/aromatic N) is 2. The smallest absolute Gasteiger partial charge is 0.340 e. The fourth-order valence-electron chi connectivity index (χ4n) is 3.56. The van der Waals surface area contributed by atoms with Crippen LogP contribution < -0.4 is 10.6 Å². The molecule has 170 valence electrons. The van der Waals surface area contributed by atoms with E-state index in [0.29, 0.717) is 42.6 Å². The van der Waals surface area contributed by atoms with E-state index >= 15 is 0 Å². The monoisotopic (exact) mass is 454 g/mol. The number of esters is 1. The lowest BCUT2D eigenvalue weighted by Gasteiger charge is -2.25. The van der Waals surface area contributed by atoms with E-state index in [4.69, 9.17) is 17.0 Å². The highest BCUT2D eigenvalue weighted by Crippen LogP contribution is 2.17. The number of rotatable bonds is 7.